The molecule has 28 aromatic rings. The summed E-state index contributed by atoms with van der Waals surface area (Å²) in [4.78, 5) is 0. The summed E-state index contributed by atoms with van der Waals surface area (Å²) in [5.74, 6) is 0. The van der Waals surface area contributed by atoms with E-state index in [0.717, 1.165) is 0 Å². The van der Waals surface area contributed by atoms with Gasteiger partial charge in [0.25, 0.3) is 0 Å². The van der Waals surface area contributed by atoms with Crippen LogP contribution in [0.5, 0.6) is 0 Å². The predicted molar refractivity (Wildman–Crippen MR) is 619 cm³/mol. The van der Waals surface area contributed by atoms with Crippen molar-refractivity contribution in [3.05, 3.63) is 561 Å². The van der Waals surface area contributed by atoms with Gasteiger partial charge >= 0.3 is 0 Å². The molecule has 3 aliphatic rings. The highest BCUT2D eigenvalue weighted by molar-refractivity contribution is 6.26. The summed E-state index contributed by atoms with van der Waals surface area (Å²) in [7, 11) is 0. The van der Waals surface area contributed by atoms with E-state index < -0.39 is 5.41 Å². The molecule has 0 saturated carbocycles. The van der Waals surface area contributed by atoms with E-state index in [0.29, 0.717) is 0 Å². The molecule has 0 radical (unpaired) electrons. The van der Waals surface area contributed by atoms with E-state index in [1.54, 1.807) is 0 Å². The van der Waals surface area contributed by atoms with Crippen LogP contribution in [0.25, 0.3) is 247 Å². The Kier molecular flexibility index (Phi) is 19.2. The highest BCUT2D eigenvalue weighted by Gasteiger charge is 2.52. The van der Waals surface area contributed by atoms with E-state index in [9.17, 15) is 0 Å². The van der Waals surface area contributed by atoms with Crippen LogP contribution in [0.15, 0.2) is 522 Å². The van der Waals surface area contributed by atoms with Gasteiger partial charge in [-0.05, 0) is 296 Å². The number of fused-ring (bicyclic) bond motifs is 28. The maximum atomic E-state index is 2.55. The average Bonchev–Trinajstić information content (AvgIpc) is 1.50. The smallest absolute Gasteiger partial charge is 0.0726 e. The number of hydrogen-bond donors (Lipinski definition) is 0. The molecule has 1 spiro atoms. The molecule has 682 valence electrons. The van der Waals surface area contributed by atoms with Crippen LogP contribution in [0, 0.1) is 6.92 Å². The lowest BCUT2D eigenvalue weighted by molar-refractivity contribution is 0.660. The minimum absolute atomic E-state index is 0.162. The van der Waals surface area contributed by atoms with Crippen LogP contribution in [0.2, 0.25) is 0 Å². The van der Waals surface area contributed by atoms with Gasteiger partial charge in [-0.2, -0.15) is 0 Å². The van der Waals surface area contributed by atoms with Gasteiger partial charge in [0.2, 0.25) is 0 Å². The third kappa shape index (κ3) is 12.7. The molecule has 0 aliphatic heterocycles. The van der Waals surface area contributed by atoms with Crippen molar-refractivity contribution in [2.45, 2.75) is 31.6 Å². The molecule has 0 bridgehead atoms. The number of para-hydroxylation sites is 6. The molecule has 0 amide bonds. The molecule has 3 aromatic heterocycles. The molecule has 0 N–H and O–H groups in total. The van der Waals surface area contributed by atoms with Gasteiger partial charge in [0.05, 0.1) is 38.5 Å². The fraction of sp³-hybridized carbons (Fsp3) is 0.0350. The van der Waals surface area contributed by atoms with Crippen molar-refractivity contribution in [2.24, 2.45) is 0 Å². The van der Waals surface area contributed by atoms with Crippen molar-refractivity contribution in [3.8, 4) is 117 Å². The summed E-state index contributed by atoms with van der Waals surface area (Å²) in [5.41, 5.74) is 42.8. The monoisotopic (exact) mass is 1850 g/mol. The molecule has 146 heavy (non-hydrogen) atoms. The molecular formula is C143H95N3. The first-order chi connectivity index (χ1) is 72.2. The van der Waals surface area contributed by atoms with Gasteiger partial charge in [0.1, 0.15) is 0 Å². The summed E-state index contributed by atoms with van der Waals surface area (Å²) in [5, 5.41) is 23.0. The van der Waals surface area contributed by atoms with Crippen LogP contribution >= 0.6 is 0 Å². The molecule has 3 heterocycles. The summed E-state index contributed by atoms with van der Waals surface area (Å²) >= 11 is 0. The second-order valence-electron chi connectivity index (χ2n) is 40.2. The first-order valence-electron chi connectivity index (χ1n) is 51.0. The number of aryl methyl sites for hydroxylation is 1. The molecule has 3 aliphatic carbocycles. The first-order valence-corrected chi connectivity index (χ1v) is 51.0. The minimum Gasteiger partial charge on any atom is -0.309 e. The normalized spacial score (nSPS) is 12.9. The van der Waals surface area contributed by atoms with Crippen molar-refractivity contribution in [2.75, 3.05) is 0 Å². The number of hydrogen-bond acceptors (Lipinski definition) is 0. The Morgan fingerprint density at radius 1 is 0.144 bits per heavy atom. The van der Waals surface area contributed by atoms with Crippen molar-refractivity contribution in [3.63, 3.8) is 0 Å². The third-order valence-corrected chi connectivity index (χ3v) is 32.2. The molecule has 0 saturated heterocycles. The van der Waals surface area contributed by atoms with Crippen LogP contribution in [0.1, 0.15) is 52.8 Å². The van der Waals surface area contributed by atoms with Gasteiger partial charge in [0.15, 0.2) is 0 Å². The zero-order chi connectivity index (χ0) is 96.6. The van der Waals surface area contributed by atoms with Gasteiger partial charge in [-0.15, -0.1) is 0 Å². The van der Waals surface area contributed by atoms with Gasteiger partial charge in [-0.3, -0.25) is 0 Å². The maximum Gasteiger partial charge on any atom is 0.0726 e. The Balaban J connectivity index is 0.000000106. The molecular weight excluding hydrogens is 1760 g/mol. The quantitative estimate of drug-likeness (QED) is 0.128. The molecule has 0 fully saturated rings. The lowest BCUT2D eigenvalue weighted by Crippen LogP contribution is -2.26. The number of rotatable bonds is 9. The van der Waals surface area contributed by atoms with Crippen LogP contribution in [0.4, 0.5) is 0 Å². The number of nitrogens with zero attached hydrogens (tertiary/aromatic N) is 3. The van der Waals surface area contributed by atoms with E-state index in [-0.39, 0.29) is 5.41 Å². The second-order valence-corrected chi connectivity index (χ2v) is 40.2. The molecule has 3 nitrogen and oxygen atoms in total. The van der Waals surface area contributed by atoms with E-state index in [1.807, 2.05) is 0 Å². The minimum atomic E-state index is -0.502. The Bertz CT molecular complexity index is 9940. The van der Waals surface area contributed by atoms with E-state index in [2.05, 4.69) is 556 Å². The molecule has 3 heteroatoms. The highest BCUT2D eigenvalue weighted by Crippen LogP contribution is 2.65. The maximum absolute atomic E-state index is 2.55. The summed E-state index contributed by atoms with van der Waals surface area (Å²) < 4.78 is 7.32. The van der Waals surface area contributed by atoms with Crippen molar-refractivity contribution < 1.29 is 0 Å². The van der Waals surface area contributed by atoms with Crippen LogP contribution < -0.4 is 0 Å². The van der Waals surface area contributed by atoms with E-state index in [4.69, 9.17) is 0 Å². The molecule has 0 unspecified atom stereocenters. The van der Waals surface area contributed by atoms with Crippen molar-refractivity contribution in [1.82, 2.24) is 13.7 Å². The number of benzene rings is 25. The third-order valence-electron chi connectivity index (χ3n) is 32.2. The highest BCUT2D eigenvalue weighted by atomic mass is 15.0. The Morgan fingerprint density at radius 3 is 0.685 bits per heavy atom. The average molecular weight is 1860 g/mol. The standard InChI is InChI=1S/C57H35N.C47H33N.C39H27N/c1-2-16-36(17-3-1)55-45-22-4-6-24-47(45)56(48-25-7-5-23-46(48)55)37-30-32-41-42-33-31-38(58-53-28-14-10-20-43(53)44-21-11-15-29-54(44)58)35-52(42)57(51(41)34-37)49-26-12-8-18-39(49)40-19-9-13-27-50(40)57;1-47(2)41-28-31(46-39-20-8-6-18-37(39)45(30-14-4-3-5-15-30)38-19-7-9-21-40(38)46)24-26-33(41)34-27-25-32(29-42(34)47)48-43-22-12-10-16-35(43)36-17-11-13-23-44(36)48;1-26-23-28(25-29(24-26)40-36-21-11-9-15-30(36)31-16-10-12-22-37(31)40)39-34-19-7-5-17-32(34)38(27-13-3-2-4-14-27)33-18-6-8-20-35(33)39/h1-35H;3-29H,1-2H3;2-25H,1H3. The fourth-order valence-corrected chi connectivity index (χ4v) is 26.1. The van der Waals surface area contributed by atoms with Crippen LogP contribution in [-0.4, -0.2) is 13.7 Å². The summed E-state index contributed by atoms with van der Waals surface area (Å²) in [6.45, 7) is 7.00. The lowest BCUT2D eigenvalue weighted by Gasteiger charge is -2.31. The Hall–Kier alpha value is -18.5. The Morgan fingerprint density at radius 2 is 0.363 bits per heavy atom. The van der Waals surface area contributed by atoms with Gasteiger partial charge < -0.3 is 13.7 Å². The second kappa shape index (κ2) is 33.3. The molecule has 25 aromatic carbocycles. The summed E-state index contributed by atoms with van der Waals surface area (Å²) in [6.07, 6.45) is 0. The van der Waals surface area contributed by atoms with E-state index in [1.165, 1.54) is 286 Å². The van der Waals surface area contributed by atoms with Gasteiger partial charge in [-0.25, -0.2) is 0 Å². The van der Waals surface area contributed by atoms with E-state index >= 15 is 0 Å². The van der Waals surface area contributed by atoms with Crippen LogP contribution in [-0.2, 0) is 10.8 Å². The van der Waals surface area contributed by atoms with Crippen LogP contribution in [0.3, 0.4) is 0 Å². The number of aromatic nitrogens is 3. The van der Waals surface area contributed by atoms with Crippen molar-refractivity contribution in [1.29, 1.82) is 0 Å². The first kappa shape index (κ1) is 84.3. The topological polar surface area (TPSA) is 14.8 Å². The van der Waals surface area contributed by atoms with Crippen molar-refractivity contribution >= 4 is 130 Å². The molecule has 31 rings (SSSR count). The predicted octanol–water partition coefficient (Wildman–Crippen LogP) is 38.2. The zero-order valence-electron chi connectivity index (χ0n) is 81.0. The van der Waals surface area contributed by atoms with Gasteiger partial charge in [-0.1, -0.05) is 451 Å². The zero-order valence-corrected chi connectivity index (χ0v) is 81.0. The fourth-order valence-electron chi connectivity index (χ4n) is 26.1. The SMILES string of the molecule is CC1(C)c2cc(-c3c4ccccc4c(-c4ccccc4)c4ccccc34)ccc2-c2ccc(-n3c4ccccc4c4ccccc43)cc21.Cc1cc(-c2c3ccccc3c(-c3ccccc3)c3ccccc23)cc(-n2c3ccccc3c3ccccc32)c1.c1ccc(-c2c3ccccc3c(-c3ccc4c(c3)C3(c5ccccc5-c5ccccc53)c3cc(-n5c6ccccc6c6ccccc65)ccc3-4)c3ccccc23)cc1. The largest absolute Gasteiger partial charge is 0.309 e. The summed E-state index contributed by atoms with van der Waals surface area (Å²) in [6, 6.07) is 193. The Labute approximate surface area is 847 Å². The van der Waals surface area contributed by atoms with Gasteiger partial charge in [0, 0.05) is 54.8 Å². The molecule has 0 atom stereocenters. The lowest BCUT2D eigenvalue weighted by atomic mass is 9.70.